The average Bonchev–Trinajstić information content (AvgIpc) is 2.71. The number of fused-ring (bicyclic) bond motifs is 1. The molecule has 1 aliphatic carbocycles. The maximum absolute atomic E-state index is 13.6. The summed E-state index contributed by atoms with van der Waals surface area (Å²) in [6.45, 7) is 0.289. The zero-order valence-corrected chi connectivity index (χ0v) is 15.5. The smallest absolute Gasteiger partial charge is 0.288 e. The molecule has 2 aromatic carbocycles. The standard InChI is InChI=1S/C22H22F2N2O2/c23-17-11-10-15(12-18(17)24)13-26-14-21(28-20-9-5-4-8-19(20)26)22(27)25-16-6-2-1-3-7-16/h4-5,8-12,14,16H,1-3,6-7,13H2,(H,25,27). The summed E-state index contributed by atoms with van der Waals surface area (Å²) in [4.78, 5) is 14.6. The second-order valence-electron chi connectivity index (χ2n) is 7.25. The third-order valence-corrected chi connectivity index (χ3v) is 5.17. The number of carbonyl (C=O) groups excluding carboxylic acids is 1. The Morgan fingerprint density at radius 2 is 1.86 bits per heavy atom. The Bertz CT molecular complexity index is 907. The highest BCUT2D eigenvalue weighted by molar-refractivity contribution is 5.93. The zero-order valence-electron chi connectivity index (χ0n) is 15.5. The van der Waals surface area contributed by atoms with E-state index in [0.29, 0.717) is 11.3 Å². The Hall–Kier alpha value is -2.89. The summed E-state index contributed by atoms with van der Waals surface area (Å²) in [6, 6.07) is 11.3. The van der Waals surface area contributed by atoms with Gasteiger partial charge in [0.15, 0.2) is 17.4 Å². The van der Waals surface area contributed by atoms with Gasteiger partial charge in [-0.3, -0.25) is 4.79 Å². The Morgan fingerprint density at radius 1 is 1.07 bits per heavy atom. The van der Waals surface area contributed by atoms with E-state index in [2.05, 4.69) is 5.32 Å². The molecule has 4 rings (SSSR count). The topological polar surface area (TPSA) is 41.6 Å². The van der Waals surface area contributed by atoms with Crippen LogP contribution in [0, 0.1) is 11.6 Å². The number of ether oxygens (including phenoxy) is 1. The predicted molar refractivity (Wildman–Crippen MR) is 103 cm³/mol. The second-order valence-corrected chi connectivity index (χ2v) is 7.25. The lowest BCUT2D eigenvalue weighted by Gasteiger charge is -2.30. The Morgan fingerprint density at radius 3 is 2.64 bits per heavy atom. The zero-order chi connectivity index (χ0) is 19.5. The number of amides is 1. The van der Waals surface area contributed by atoms with Crippen LogP contribution in [-0.4, -0.2) is 11.9 Å². The number of benzene rings is 2. The first-order valence-corrected chi connectivity index (χ1v) is 9.60. The molecule has 6 heteroatoms. The van der Waals surface area contributed by atoms with Gasteiger partial charge in [-0.15, -0.1) is 0 Å². The van der Waals surface area contributed by atoms with Crippen molar-refractivity contribution in [2.24, 2.45) is 0 Å². The number of carbonyl (C=O) groups is 1. The molecule has 28 heavy (non-hydrogen) atoms. The summed E-state index contributed by atoms with van der Waals surface area (Å²) >= 11 is 0. The van der Waals surface area contributed by atoms with Crippen molar-refractivity contribution in [2.45, 2.75) is 44.7 Å². The van der Waals surface area contributed by atoms with Crippen molar-refractivity contribution in [1.29, 1.82) is 0 Å². The average molecular weight is 384 g/mol. The number of nitrogens with zero attached hydrogens (tertiary/aromatic N) is 1. The van der Waals surface area contributed by atoms with Crippen molar-refractivity contribution in [3.05, 3.63) is 71.6 Å². The van der Waals surface area contributed by atoms with Gasteiger partial charge in [-0.1, -0.05) is 37.5 Å². The number of halogens is 2. The van der Waals surface area contributed by atoms with Crippen LogP contribution in [0.2, 0.25) is 0 Å². The molecule has 1 N–H and O–H groups in total. The van der Waals surface area contributed by atoms with Gasteiger partial charge >= 0.3 is 0 Å². The molecule has 0 aromatic heterocycles. The van der Waals surface area contributed by atoms with Gasteiger partial charge in [0.1, 0.15) is 0 Å². The molecular formula is C22H22F2N2O2. The van der Waals surface area contributed by atoms with Crippen LogP contribution in [0.15, 0.2) is 54.4 Å². The first kappa shape index (κ1) is 18.5. The normalized spacial score (nSPS) is 16.8. The Labute approximate surface area is 162 Å². The highest BCUT2D eigenvalue weighted by atomic mass is 19.2. The van der Waals surface area contributed by atoms with E-state index in [1.54, 1.807) is 12.3 Å². The lowest BCUT2D eigenvalue weighted by molar-refractivity contribution is -0.120. The molecule has 0 atom stereocenters. The van der Waals surface area contributed by atoms with Gasteiger partial charge in [0.05, 0.1) is 11.9 Å². The molecule has 1 aliphatic heterocycles. The van der Waals surface area contributed by atoms with Crippen LogP contribution in [0.5, 0.6) is 5.75 Å². The van der Waals surface area contributed by atoms with Crippen LogP contribution in [0.1, 0.15) is 37.7 Å². The summed E-state index contributed by atoms with van der Waals surface area (Å²) in [6.07, 6.45) is 7.04. The number of para-hydroxylation sites is 2. The highest BCUT2D eigenvalue weighted by Crippen LogP contribution is 2.35. The van der Waals surface area contributed by atoms with Crippen LogP contribution < -0.4 is 15.0 Å². The van der Waals surface area contributed by atoms with Gasteiger partial charge in [-0.05, 0) is 42.7 Å². The van der Waals surface area contributed by atoms with Crippen LogP contribution in [0.4, 0.5) is 14.5 Å². The molecule has 2 aromatic rings. The van der Waals surface area contributed by atoms with Gasteiger partial charge in [-0.25, -0.2) is 8.78 Å². The first-order chi connectivity index (χ1) is 13.6. The van der Waals surface area contributed by atoms with E-state index in [4.69, 9.17) is 4.74 Å². The Kier molecular flexibility index (Phi) is 5.28. The molecular weight excluding hydrogens is 362 g/mol. The van der Waals surface area contributed by atoms with E-state index >= 15 is 0 Å². The SMILES string of the molecule is O=C(NC1CCCCC1)C1=CN(Cc2ccc(F)c(F)c2)c2ccccc2O1. The highest BCUT2D eigenvalue weighted by Gasteiger charge is 2.25. The molecule has 1 fully saturated rings. The van der Waals surface area contributed by atoms with E-state index < -0.39 is 11.6 Å². The number of anilines is 1. The summed E-state index contributed by atoms with van der Waals surface area (Å²) in [5.74, 6) is -1.27. The molecule has 0 bridgehead atoms. The van der Waals surface area contributed by atoms with E-state index in [1.165, 1.54) is 18.6 Å². The van der Waals surface area contributed by atoms with Gasteiger partial charge in [0.25, 0.3) is 5.91 Å². The van der Waals surface area contributed by atoms with Crippen molar-refractivity contribution in [3.63, 3.8) is 0 Å². The minimum absolute atomic E-state index is 0.169. The van der Waals surface area contributed by atoms with Gasteiger partial charge in [0, 0.05) is 12.6 Å². The van der Waals surface area contributed by atoms with Crippen LogP contribution >= 0.6 is 0 Å². The number of nitrogens with one attached hydrogen (secondary N) is 1. The van der Waals surface area contributed by atoms with E-state index in [-0.39, 0.29) is 24.3 Å². The van der Waals surface area contributed by atoms with E-state index in [1.807, 2.05) is 23.1 Å². The molecule has 146 valence electrons. The fourth-order valence-electron chi connectivity index (χ4n) is 3.71. The van der Waals surface area contributed by atoms with Crippen LogP contribution in [0.3, 0.4) is 0 Å². The number of rotatable bonds is 4. The monoisotopic (exact) mass is 384 g/mol. The molecule has 4 nitrogen and oxygen atoms in total. The van der Waals surface area contributed by atoms with Crippen LogP contribution in [-0.2, 0) is 11.3 Å². The van der Waals surface area contributed by atoms with Crippen molar-refractivity contribution in [2.75, 3.05) is 4.90 Å². The van der Waals surface area contributed by atoms with Gasteiger partial charge in [0.2, 0.25) is 5.76 Å². The maximum Gasteiger partial charge on any atom is 0.288 e. The van der Waals surface area contributed by atoms with Crippen molar-refractivity contribution < 1.29 is 18.3 Å². The molecule has 1 amide bonds. The van der Waals surface area contributed by atoms with Crippen LogP contribution in [0.25, 0.3) is 0 Å². The maximum atomic E-state index is 13.6. The fraction of sp³-hybridized carbons (Fsp3) is 0.318. The second kappa shape index (κ2) is 8.00. The quantitative estimate of drug-likeness (QED) is 0.834. The number of hydrogen-bond donors (Lipinski definition) is 1. The lowest BCUT2D eigenvalue weighted by Crippen LogP contribution is -2.39. The van der Waals surface area contributed by atoms with Gasteiger partial charge < -0.3 is 15.0 Å². The molecule has 1 saturated carbocycles. The Balaban J connectivity index is 1.57. The van der Waals surface area contributed by atoms with Crippen molar-refractivity contribution in [3.8, 4) is 5.75 Å². The summed E-state index contributed by atoms with van der Waals surface area (Å²) < 4.78 is 32.6. The van der Waals surface area contributed by atoms with Crippen molar-refractivity contribution >= 4 is 11.6 Å². The fourth-order valence-corrected chi connectivity index (χ4v) is 3.71. The third kappa shape index (κ3) is 4.01. The first-order valence-electron chi connectivity index (χ1n) is 9.60. The summed E-state index contributed by atoms with van der Waals surface area (Å²) in [7, 11) is 0. The van der Waals surface area contributed by atoms with Gasteiger partial charge in [-0.2, -0.15) is 0 Å². The number of hydrogen-bond acceptors (Lipinski definition) is 3. The molecule has 1 heterocycles. The minimum Gasteiger partial charge on any atom is -0.448 e. The van der Waals surface area contributed by atoms with E-state index in [9.17, 15) is 13.6 Å². The van der Waals surface area contributed by atoms with E-state index in [0.717, 1.165) is 37.4 Å². The lowest BCUT2D eigenvalue weighted by atomic mass is 9.95. The summed E-state index contributed by atoms with van der Waals surface area (Å²) in [5.41, 5.74) is 1.36. The molecule has 0 radical (unpaired) electrons. The predicted octanol–water partition coefficient (Wildman–Crippen LogP) is 4.65. The third-order valence-electron chi connectivity index (χ3n) is 5.17. The molecule has 2 aliphatic rings. The summed E-state index contributed by atoms with van der Waals surface area (Å²) in [5, 5.41) is 3.05. The molecule has 0 saturated heterocycles. The molecule has 0 unspecified atom stereocenters. The molecule has 0 spiro atoms. The minimum atomic E-state index is -0.890. The van der Waals surface area contributed by atoms with Crippen molar-refractivity contribution in [1.82, 2.24) is 5.32 Å². The largest absolute Gasteiger partial charge is 0.448 e.